The van der Waals surface area contributed by atoms with Gasteiger partial charge in [-0.2, -0.15) is 0 Å². The number of hydrogen-bond acceptors (Lipinski definition) is 7. The van der Waals surface area contributed by atoms with E-state index in [1.54, 1.807) is 32.2 Å². The Kier molecular flexibility index (Phi) is 4.96. The Balaban J connectivity index is 1.47. The van der Waals surface area contributed by atoms with Crippen LogP contribution in [0.5, 0.6) is 11.5 Å². The number of rotatable bonds is 7. The number of nitrogens with one attached hydrogen (secondary N) is 1. The summed E-state index contributed by atoms with van der Waals surface area (Å²) >= 11 is 1.63. The fraction of sp³-hybridized carbons (Fsp3) is 0.333. The van der Waals surface area contributed by atoms with Crippen LogP contribution in [-0.2, 0) is 17.0 Å². The van der Waals surface area contributed by atoms with Crippen LogP contribution < -0.4 is 9.57 Å². The average Bonchev–Trinajstić information content (AvgIpc) is 3.27. The fourth-order valence-corrected chi connectivity index (χ4v) is 3.72. The van der Waals surface area contributed by atoms with Gasteiger partial charge in [0.2, 0.25) is 0 Å². The van der Waals surface area contributed by atoms with Gasteiger partial charge in [0.1, 0.15) is 5.75 Å². The molecular formula is C18H20N4O3S. The van der Waals surface area contributed by atoms with Crippen LogP contribution >= 0.6 is 11.8 Å². The van der Waals surface area contributed by atoms with Gasteiger partial charge in [0.05, 0.1) is 43.5 Å². The number of H-pyrrole nitrogens is 1. The lowest BCUT2D eigenvalue weighted by molar-refractivity contribution is -0.0568. The highest BCUT2D eigenvalue weighted by atomic mass is 32.2. The molecule has 0 radical (unpaired) electrons. The summed E-state index contributed by atoms with van der Waals surface area (Å²) in [6.45, 7) is 2.08. The van der Waals surface area contributed by atoms with Crippen LogP contribution in [0.1, 0.15) is 11.3 Å². The van der Waals surface area contributed by atoms with Crippen molar-refractivity contribution in [2.24, 2.45) is 0 Å². The highest BCUT2D eigenvalue weighted by molar-refractivity contribution is 7.98. The van der Waals surface area contributed by atoms with Crippen molar-refractivity contribution in [3.63, 3.8) is 0 Å². The maximum atomic E-state index is 5.84. The van der Waals surface area contributed by atoms with Crippen LogP contribution in [0, 0.1) is 0 Å². The first-order chi connectivity index (χ1) is 12.8. The maximum Gasteiger partial charge on any atom is 0.166 e. The lowest BCUT2D eigenvalue weighted by Gasteiger charge is -2.12. The monoisotopic (exact) mass is 372 g/mol. The molecule has 0 fully saturated rings. The van der Waals surface area contributed by atoms with E-state index < -0.39 is 0 Å². The van der Waals surface area contributed by atoms with E-state index in [2.05, 4.69) is 15.0 Å². The van der Waals surface area contributed by atoms with Gasteiger partial charge in [0.15, 0.2) is 10.9 Å². The third-order valence-electron chi connectivity index (χ3n) is 4.22. The molecule has 0 atom stereocenters. The van der Waals surface area contributed by atoms with E-state index in [1.165, 1.54) is 0 Å². The van der Waals surface area contributed by atoms with Crippen LogP contribution in [0.3, 0.4) is 0 Å². The van der Waals surface area contributed by atoms with Gasteiger partial charge in [0.25, 0.3) is 0 Å². The van der Waals surface area contributed by atoms with Gasteiger partial charge in [-0.25, -0.2) is 4.98 Å². The van der Waals surface area contributed by atoms with Crippen molar-refractivity contribution in [3.05, 3.63) is 41.7 Å². The molecule has 8 heteroatoms. The normalized spacial score (nSPS) is 13.8. The Hall–Kier alpha value is -2.29. The highest BCUT2D eigenvalue weighted by Gasteiger charge is 2.24. The van der Waals surface area contributed by atoms with Crippen LogP contribution in [0.2, 0.25) is 0 Å². The second kappa shape index (κ2) is 7.53. The zero-order valence-corrected chi connectivity index (χ0v) is 15.5. The molecule has 1 aliphatic rings. The van der Waals surface area contributed by atoms with Crippen molar-refractivity contribution < 1.29 is 14.3 Å². The SMILES string of the molecule is COCCN1Cc2c(ccnc2CSc2nc3ccc(OC)cc3[nH]2)O1. The zero-order valence-electron chi connectivity index (χ0n) is 14.7. The van der Waals surface area contributed by atoms with E-state index in [0.29, 0.717) is 6.61 Å². The Morgan fingerprint density at radius 3 is 3.08 bits per heavy atom. The van der Waals surface area contributed by atoms with E-state index in [9.17, 15) is 0 Å². The zero-order chi connectivity index (χ0) is 17.9. The summed E-state index contributed by atoms with van der Waals surface area (Å²) in [7, 11) is 3.35. The Morgan fingerprint density at radius 1 is 1.31 bits per heavy atom. The third-order valence-corrected chi connectivity index (χ3v) is 5.11. The Bertz CT molecular complexity index is 915. The smallest absolute Gasteiger partial charge is 0.166 e. The number of pyridine rings is 1. The first-order valence-corrected chi connectivity index (χ1v) is 9.30. The number of methoxy groups -OCH3 is 2. The van der Waals surface area contributed by atoms with E-state index in [4.69, 9.17) is 14.3 Å². The van der Waals surface area contributed by atoms with E-state index in [-0.39, 0.29) is 0 Å². The molecule has 7 nitrogen and oxygen atoms in total. The van der Waals surface area contributed by atoms with Crippen molar-refractivity contribution in [1.29, 1.82) is 0 Å². The van der Waals surface area contributed by atoms with Crippen molar-refractivity contribution in [2.75, 3.05) is 27.4 Å². The Morgan fingerprint density at radius 2 is 2.23 bits per heavy atom. The minimum atomic E-state index is 0.633. The number of fused-ring (bicyclic) bond motifs is 2. The summed E-state index contributed by atoms with van der Waals surface area (Å²) < 4.78 is 10.4. The second-order valence-electron chi connectivity index (χ2n) is 5.90. The molecule has 0 bridgehead atoms. The lowest BCUT2D eigenvalue weighted by Crippen LogP contribution is -2.25. The minimum absolute atomic E-state index is 0.633. The summed E-state index contributed by atoms with van der Waals surface area (Å²) in [4.78, 5) is 18.3. The highest BCUT2D eigenvalue weighted by Crippen LogP contribution is 2.33. The van der Waals surface area contributed by atoms with Crippen LogP contribution in [0.4, 0.5) is 0 Å². The number of ether oxygens (including phenoxy) is 2. The van der Waals surface area contributed by atoms with Gasteiger partial charge in [-0.05, 0) is 12.1 Å². The molecule has 4 rings (SSSR count). The predicted octanol–water partition coefficient (Wildman–Crippen LogP) is 3.01. The number of benzene rings is 1. The van der Waals surface area contributed by atoms with E-state index in [1.807, 2.05) is 29.3 Å². The molecular weight excluding hydrogens is 352 g/mol. The van der Waals surface area contributed by atoms with E-state index in [0.717, 1.165) is 57.8 Å². The first-order valence-electron chi connectivity index (χ1n) is 8.32. The predicted molar refractivity (Wildman–Crippen MR) is 99.4 cm³/mol. The number of imidazole rings is 1. The van der Waals surface area contributed by atoms with Crippen molar-refractivity contribution in [2.45, 2.75) is 17.5 Å². The molecule has 3 heterocycles. The van der Waals surface area contributed by atoms with Crippen molar-refractivity contribution in [3.8, 4) is 11.5 Å². The van der Waals surface area contributed by atoms with Gasteiger partial charge in [-0.3, -0.25) is 4.98 Å². The molecule has 0 spiro atoms. The molecule has 3 aromatic rings. The topological polar surface area (TPSA) is 72.5 Å². The molecule has 26 heavy (non-hydrogen) atoms. The molecule has 0 unspecified atom stereocenters. The number of thioether (sulfide) groups is 1. The van der Waals surface area contributed by atoms with E-state index >= 15 is 0 Å². The number of hydroxylamine groups is 2. The summed E-state index contributed by atoms with van der Waals surface area (Å²) in [5.74, 6) is 2.41. The van der Waals surface area contributed by atoms with Crippen LogP contribution in [-0.4, -0.2) is 47.4 Å². The number of nitrogens with zero attached hydrogens (tertiary/aromatic N) is 3. The van der Waals surface area contributed by atoms with Gasteiger partial charge >= 0.3 is 0 Å². The third kappa shape index (κ3) is 3.48. The first kappa shape index (κ1) is 17.1. The quantitative estimate of drug-likeness (QED) is 0.639. The number of aromatic nitrogens is 3. The van der Waals surface area contributed by atoms with Crippen LogP contribution in [0.25, 0.3) is 11.0 Å². The number of aromatic amines is 1. The summed E-state index contributed by atoms with van der Waals surface area (Å²) in [6, 6.07) is 7.72. The summed E-state index contributed by atoms with van der Waals surface area (Å²) in [5, 5.41) is 2.76. The lowest BCUT2D eigenvalue weighted by atomic mass is 10.2. The molecule has 136 valence electrons. The average molecular weight is 372 g/mol. The van der Waals surface area contributed by atoms with Gasteiger partial charge in [-0.15, -0.1) is 5.06 Å². The molecule has 0 saturated carbocycles. The standard InChI is InChI=1S/C18H20N4O3S/c1-23-8-7-22-10-13-16(19-6-5-17(13)25-22)11-26-18-20-14-4-3-12(24-2)9-15(14)21-18/h3-6,9H,7-8,10-11H2,1-2H3,(H,20,21). The van der Waals surface area contributed by atoms with Gasteiger partial charge in [0, 0.05) is 36.8 Å². The Labute approximate surface area is 155 Å². The fourth-order valence-electron chi connectivity index (χ4n) is 2.86. The summed E-state index contributed by atoms with van der Waals surface area (Å²) in [6.07, 6.45) is 1.79. The molecule has 0 aliphatic carbocycles. The maximum absolute atomic E-state index is 5.84. The molecule has 1 N–H and O–H groups in total. The van der Waals surface area contributed by atoms with Gasteiger partial charge < -0.3 is 19.3 Å². The van der Waals surface area contributed by atoms with Crippen molar-refractivity contribution in [1.82, 2.24) is 20.0 Å². The molecule has 2 aromatic heterocycles. The minimum Gasteiger partial charge on any atom is -0.497 e. The second-order valence-corrected chi connectivity index (χ2v) is 6.86. The molecule has 0 saturated heterocycles. The van der Waals surface area contributed by atoms with Gasteiger partial charge in [-0.1, -0.05) is 11.8 Å². The van der Waals surface area contributed by atoms with Crippen LogP contribution in [0.15, 0.2) is 35.6 Å². The molecule has 1 aliphatic heterocycles. The van der Waals surface area contributed by atoms with Crippen molar-refractivity contribution >= 4 is 22.8 Å². The summed E-state index contributed by atoms with van der Waals surface area (Å²) in [5.41, 5.74) is 4.04. The molecule has 1 aromatic carbocycles. The number of hydrogen-bond donors (Lipinski definition) is 1. The molecule has 0 amide bonds. The largest absolute Gasteiger partial charge is 0.497 e.